The summed E-state index contributed by atoms with van der Waals surface area (Å²) in [7, 11) is 0. The van der Waals surface area contributed by atoms with E-state index in [9.17, 15) is 24.3 Å². The second-order valence-electron chi connectivity index (χ2n) is 7.57. The van der Waals surface area contributed by atoms with Gasteiger partial charge in [0.25, 0.3) is 0 Å². The molecule has 170 valence electrons. The average molecular weight is 890 g/mol. The Bertz CT molecular complexity index is 1070. The van der Waals surface area contributed by atoms with Crippen LogP contribution in [0.25, 0.3) is 0 Å². The molecule has 5 unspecified atom stereocenters. The molecule has 3 aliphatic rings. The number of carbonyl (C=O) groups is 4. The van der Waals surface area contributed by atoms with Crippen molar-refractivity contribution in [1.82, 2.24) is 0 Å². The van der Waals surface area contributed by atoms with Gasteiger partial charge < -0.3 is 19.3 Å². The Morgan fingerprint density at radius 1 is 0.938 bits per heavy atom. The van der Waals surface area contributed by atoms with Crippen LogP contribution in [0, 0.1) is 38.0 Å². The Balaban J connectivity index is 1.61. The van der Waals surface area contributed by atoms with Gasteiger partial charge in [0, 0.05) is 13.6 Å². The van der Waals surface area contributed by atoms with Gasteiger partial charge in [-0.2, -0.15) is 0 Å². The Labute approximate surface area is 237 Å². The lowest BCUT2D eigenvalue weighted by molar-refractivity contribution is -0.167. The summed E-state index contributed by atoms with van der Waals surface area (Å²) in [4.78, 5) is 49.7. The fourth-order valence-electron chi connectivity index (χ4n) is 4.33. The van der Waals surface area contributed by atoms with Crippen molar-refractivity contribution in [1.29, 1.82) is 0 Å². The number of benzene rings is 1. The van der Waals surface area contributed by atoms with E-state index in [1.807, 2.05) is 103 Å². The molecule has 2 bridgehead atoms. The van der Waals surface area contributed by atoms with Crippen LogP contribution in [0.15, 0.2) is 12.2 Å². The predicted molar refractivity (Wildman–Crippen MR) is 143 cm³/mol. The van der Waals surface area contributed by atoms with Crippen LogP contribution in [0.4, 0.5) is 0 Å². The number of hydrogen-bond donors (Lipinski definition) is 1. The van der Waals surface area contributed by atoms with E-state index in [2.05, 4.69) is 0 Å². The molecule has 1 saturated heterocycles. The van der Waals surface area contributed by atoms with E-state index in [-0.39, 0.29) is 29.8 Å². The number of ether oxygens (including phenoxy) is 3. The van der Waals surface area contributed by atoms with Crippen molar-refractivity contribution in [2.45, 2.75) is 18.9 Å². The Hall–Kier alpha value is -0.240. The second kappa shape index (κ2) is 9.79. The summed E-state index contributed by atoms with van der Waals surface area (Å²) >= 11 is 7.89. The number of carboxylic acid groups (broad SMARTS) is 1. The largest absolute Gasteiger partial charge is 0.478 e. The van der Waals surface area contributed by atoms with Gasteiger partial charge in [-0.25, -0.2) is 9.59 Å². The van der Waals surface area contributed by atoms with Crippen molar-refractivity contribution in [2.75, 3.05) is 6.61 Å². The molecule has 5 atom stereocenters. The first-order valence-electron chi connectivity index (χ1n) is 9.48. The molecule has 1 N–H and O–H groups in total. The van der Waals surface area contributed by atoms with E-state index in [0.29, 0.717) is 27.1 Å². The van der Waals surface area contributed by atoms with Crippen LogP contribution < -0.4 is 4.74 Å². The zero-order valence-electron chi connectivity index (χ0n) is 16.0. The molecule has 2 fully saturated rings. The molecule has 32 heavy (non-hydrogen) atoms. The van der Waals surface area contributed by atoms with Gasteiger partial charge in [0.15, 0.2) is 5.75 Å². The monoisotopic (exact) mass is 890 g/mol. The maximum atomic E-state index is 13.3. The number of carbonyl (C=O) groups excluding carboxylic acids is 3. The number of hydrogen-bond acceptors (Lipinski definition) is 7. The number of esters is 3. The highest BCUT2D eigenvalue weighted by molar-refractivity contribution is 14.1. The smallest absolute Gasteiger partial charge is 0.347 e. The molecule has 1 heterocycles. The van der Waals surface area contributed by atoms with Gasteiger partial charge in [-0.1, -0.05) is 12.2 Å². The number of rotatable bonds is 5. The number of aromatic carboxylic acids is 1. The molecule has 8 nitrogen and oxygen atoms in total. The highest BCUT2D eigenvalue weighted by Crippen LogP contribution is 2.50. The van der Waals surface area contributed by atoms with E-state index >= 15 is 0 Å². The van der Waals surface area contributed by atoms with Gasteiger partial charge in [-0.3, -0.25) is 9.59 Å². The SMILES string of the molecule is O=C(O)c1c(I)c(I)c(I)c(OC(=O)C2C3C=CC(C3)C2C(=O)OC2CCOC2=O)c1I. The summed E-state index contributed by atoms with van der Waals surface area (Å²) in [5.41, 5.74) is 0.0716. The summed E-state index contributed by atoms with van der Waals surface area (Å²) in [6.45, 7) is 0.201. The molecule has 1 aromatic rings. The molecule has 12 heteroatoms. The van der Waals surface area contributed by atoms with Crippen molar-refractivity contribution in [3.8, 4) is 5.75 Å². The molecule has 0 radical (unpaired) electrons. The first-order chi connectivity index (χ1) is 15.1. The zero-order chi connectivity index (χ0) is 23.3. The zero-order valence-corrected chi connectivity index (χ0v) is 24.6. The fraction of sp³-hybridized carbons (Fsp3) is 0.400. The third-order valence-corrected chi connectivity index (χ3v) is 12.1. The molecular formula is C20H14I4O8. The molecule has 0 aromatic heterocycles. The summed E-state index contributed by atoms with van der Waals surface area (Å²) in [6.07, 6.45) is 3.77. The topological polar surface area (TPSA) is 116 Å². The molecule has 1 aromatic carbocycles. The summed E-state index contributed by atoms with van der Waals surface area (Å²) < 4.78 is 18.2. The van der Waals surface area contributed by atoms with Gasteiger partial charge in [-0.05, 0) is 109 Å². The number of allylic oxidation sites excluding steroid dienone is 2. The van der Waals surface area contributed by atoms with Crippen LogP contribution in [0.2, 0.25) is 0 Å². The number of fused-ring (bicyclic) bond motifs is 2. The van der Waals surface area contributed by atoms with Crippen LogP contribution >= 0.6 is 90.4 Å². The summed E-state index contributed by atoms with van der Waals surface area (Å²) in [5, 5.41) is 9.63. The van der Waals surface area contributed by atoms with Gasteiger partial charge in [0.1, 0.15) is 0 Å². The van der Waals surface area contributed by atoms with E-state index < -0.39 is 41.8 Å². The number of halogens is 4. The number of carboxylic acids is 1. The third kappa shape index (κ3) is 4.40. The molecule has 2 aliphatic carbocycles. The van der Waals surface area contributed by atoms with Crippen molar-refractivity contribution in [3.05, 3.63) is 32.0 Å². The van der Waals surface area contributed by atoms with Gasteiger partial charge in [0.05, 0.1) is 31.1 Å². The Morgan fingerprint density at radius 2 is 1.56 bits per heavy atom. The lowest BCUT2D eigenvalue weighted by Crippen LogP contribution is -2.38. The van der Waals surface area contributed by atoms with Gasteiger partial charge in [-0.15, -0.1) is 0 Å². The van der Waals surface area contributed by atoms with Crippen molar-refractivity contribution in [2.24, 2.45) is 23.7 Å². The highest BCUT2D eigenvalue weighted by Gasteiger charge is 2.54. The lowest BCUT2D eigenvalue weighted by atomic mass is 9.83. The van der Waals surface area contributed by atoms with Crippen molar-refractivity contribution < 1.29 is 38.5 Å². The normalized spacial score (nSPS) is 28.0. The molecule has 4 rings (SSSR count). The van der Waals surface area contributed by atoms with Crippen LogP contribution in [0.3, 0.4) is 0 Å². The van der Waals surface area contributed by atoms with Crippen LogP contribution in [0.1, 0.15) is 23.2 Å². The van der Waals surface area contributed by atoms with Gasteiger partial charge >= 0.3 is 23.9 Å². The molecule has 1 saturated carbocycles. The second-order valence-corrected chi connectivity index (χ2v) is 11.9. The first kappa shape index (κ1) is 24.9. The Morgan fingerprint density at radius 3 is 2.12 bits per heavy atom. The molecule has 0 amide bonds. The minimum absolute atomic E-state index is 0.0716. The van der Waals surface area contributed by atoms with Crippen molar-refractivity contribution in [3.63, 3.8) is 0 Å². The highest BCUT2D eigenvalue weighted by atomic mass is 127. The summed E-state index contributed by atoms with van der Waals surface area (Å²) in [6, 6.07) is 0. The van der Waals surface area contributed by atoms with Crippen molar-refractivity contribution >= 4 is 114 Å². The summed E-state index contributed by atoms with van der Waals surface area (Å²) in [5.74, 6) is -4.62. The molecule has 0 spiro atoms. The quantitative estimate of drug-likeness (QED) is 0.118. The van der Waals surface area contributed by atoms with E-state index in [1.165, 1.54) is 0 Å². The number of cyclic esters (lactones) is 1. The van der Waals surface area contributed by atoms with E-state index in [1.54, 1.807) is 0 Å². The maximum Gasteiger partial charge on any atom is 0.347 e. The van der Waals surface area contributed by atoms with Crippen LogP contribution in [-0.2, 0) is 23.9 Å². The minimum atomic E-state index is -1.11. The Kier molecular flexibility index (Phi) is 7.61. The molecular weight excluding hydrogens is 876 g/mol. The van der Waals surface area contributed by atoms with Crippen LogP contribution in [-0.4, -0.2) is 41.7 Å². The van der Waals surface area contributed by atoms with E-state index in [4.69, 9.17) is 14.2 Å². The predicted octanol–water partition coefficient (Wildman–Crippen LogP) is 4.01. The van der Waals surface area contributed by atoms with Crippen LogP contribution in [0.5, 0.6) is 5.75 Å². The standard InChI is InChI=1S/C20H14I4O8/c21-12-11(17(25)26)13(22)16(15(24)14(12)23)32-20(29)10-7-2-1-6(5-7)9(10)19(28)31-8-3-4-30-18(8)27/h1-2,6-10H,3-5H2,(H,25,26). The molecule has 1 aliphatic heterocycles. The van der Waals surface area contributed by atoms with Gasteiger partial charge in [0.2, 0.25) is 6.10 Å². The fourth-order valence-corrected chi connectivity index (χ4v) is 8.69. The average Bonchev–Trinajstić information content (AvgIpc) is 3.46. The van der Waals surface area contributed by atoms with E-state index in [0.717, 1.165) is 0 Å². The lowest BCUT2D eigenvalue weighted by Gasteiger charge is -2.26. The third-order valence-electron chi connectivity index (χ3n) is 5.79. The minimum Gasteiger partial charge on any atom is -0.478 e. The first-order valence-corrected chi connectivity index (χ1v) is 13.8. The maximum absolute atomic E-state index is 13.3.